The zero-order valence-electron chi connectivity index (χ0n) is 11.2. The summed E-state index contributed by atoms with van der Waals surface area (Å²) in [6, 6.07) is -0.924. The maximum atomic E-state index is 12.9. The van der Waals surface area contributed by atoms with Gasteiger partial charge in [-0.25, -0.2) is 8.78 Å². The summed E-state index contributed by atoms with van der Waals surface area (Å²) in [4.78, 5) is 24.4. The fraction of sp³-hybridized carbons (Fsp3) is 0.818. The molecule has 0 saturated carbocycles. The van der Waals surface area contributed by atoms with Crippen LogP contribution in [0.25, 0.3) is 0 Å². The number of alkyl halides is 2. The molecular formula is C11H20ClF2N3O2. The van der Waals surface area contributed by atoms with Crippen molar-refractivity contribution in [2.24, 2.45) is 0 Å². The number of hydrogen-bond acceptors (Lipinski definition) is 3. The second kappa shape index (κ2) is 7.00. The molecule has 0 aliphatic carbocycles. The fourth-order valence-corrected chi connectivity index (χ4v) is 1.82. The smallest absolute Gasteiger partial charge is 0.262 e. The third-order valence-corrected chi connectivity index (χ3v) is 2.61. The van der Waals surface area contributed by atoms with Gasteiger partial charge >= 0.3 is 0 Å². The summed E-state index contributed by atoms with van der Waals surface area (Å²) in [6.07, 6.45) is -0.512. The van der Waals surface area contributed by atoms with Crippen molar-refractivity contribution < 1.29 is 18.4 Å². The highest BCUT2D eigenvalue weighted by Crippen LogP contribution is 2.25. The van der Waals surface area contributed by atoms with Gasteiger partial charge in [0.15, 0.2) is 0 Å². The molecule has 112 valence electrons. The first kappa shape index (κ1) is 18.0. The predicted octanol–water partition coefficient (Wildman–Crippen LogP) is 0.388. The van der Waals surface area contributed by atoms with Gasteiger partial charge < -0.3 is 10.2 Å². The monoisotopic (exact) mass is 299 g/mol. The molecular weight excluding hydrogens is 280 g/mol. The van der Waals surface area contributed by atoms with E-state index in [0.717, 1.165) is 4.90 Å². The van der Waals surface area contributed by atoms with Crippen LogP contribution in [0.2, 0.25) is 0 Å². The summed E-state index contributed by atoms with van der Waals surface area (Å²) >= 11 is 0. The Labute approximate surface area is 117 Å². The average Bonchev–Trinajstić information content (AvgIpc) is 2.56. The van der Waals surface area contributed by atoms with Crippen molar-refractivity contribution in [2.45, 2.75) is 38.3 Å². The van der Waals surface area contributed by atoms with Gasteiger partial charge in [0.05, 0.1) is 19.1 Å². The van der Waals surface area contributed by atoms with Gasteiger partial charge in [-0.3, -0.25) is 14.9 Å². The van der Waals surface area contributed by atoms with Gasteiger partial charge in [-0.1, -0.05) is 0 Å². The molecule has 0 aromatic carbocycles. The molecule has 1 atom stereocenters. The Balaban J connectivity index is 0.00000324. The van der Waals surface area contributed by atoms with Crippen LogP contribution in [0.4, 0.5) is 8.78 Å². The molecule has 19 heavy (non-hydrogen) atoms. The molecule has 1 rings (SSSR count). The van der Waals surface area contributed by atoms with Crippen LogP contribution < -0.4 is 10.6 Å². The number of hydrogen-bond donors (Lipinski definition) is 2. The zero-order valence-corrected chi connectivity index (χ0v) is 12.0. The number of carbonyl (C=O) groups excluding carboxylic acids is 2. The molecule has 1 fully saturated rings. The van der Waals surface area contributed by atoms with E-state index in [1.54, 1.807) is 13.8 Å². The highest BCUT2D eigenvalue weighted by Gasteiger charge is 2.43. The first-order chi connectivity index (χ1) is 8.21. The van der Waals surface area contributed by atoms with Crippen LogP contribution in [-0.2, 0) is 9.59 Å². The van der Waals surface area contributed by atoms with Gasteiger partial charge in [-0.05, 0) is 13.8 Å². The largest absolute Gasteiger partial charge is 0.352 e. The molecule has 8 heteroatoms. The maximum absolute atomic E-state index is 12.9. The van der Waals surface area contributed by atoms with Crippen molar-refractivity contribution in [3.8, 4) is 0 Å². The van der Waals surface area contributed by atoms with E-state index in [9.17, 15) is 18.4 Å². The summed E-state index contributed by atoms with van der Waals surface area (Å²) < 4.78 is 25.9. The Bertz CT molecular complexity index is 340. The lowest BCUT2D eigenvalue weighted by molar-refractivity contribution is -0.136. The Morgan fingerprint density at radius 3 is 2.47 bits per heavy atom. The number of nitrogens with zero attached hydrogens (tertiary/aromatic N) is 1. The average molecular weight is 300 g/mol. The second-order valence-electron chi connectivity index (χ2n) is 4.91. The molecule has 2 N–H and O–H groups in total. The SMILES string of the molecule is CC(C)NC(=O)CN(C)C(=O)C1CC(F)(F)CN1.Cl. The van der Waals surface area contributed by atoms with E-state index in [2.05, 4.69) is 10.6 Å². The standard InChI is InChI=1S/C11H19F2N3O2.ClH/c1-7(2)15-9(17)5-16(3)10(18)8-4-11(12,13)6-14-8;/h7-8,14H,4-6H2,1-3H3,(H,15,17);1H. The van der Waals surface area contributed by atoms with Crippen LogP contribution in [0, 0.1) is 0 Å². The van der Waals surface area contributed by atoms with Gasteiger partial charge in [0.25, 0.3) is 5.92 Å². The lowest BCUT2D eigenvalue weighted by Gasteiger charge is -2.21. The van der Waals surface area contributed by atoms with Gasteiger partial charge in [0, 0.05) is 19.5 Å². The molecule has 5 nitrogen and oxygen atoms in total. The highest BCUT2D eigenvalue weighted by atomic mass is 35.5. The highest BCUT2D eigenvalue weighted by molar-refractivity contribution is 5.87. The van der Waals surface area contributed by atoms with E-state index in [4.69, 9.17) is 0 Å². The third kappa shape index (κ3) is 5.69. The molecule has 1 aliphatic rings. The predicted molar refractivity (Wildman–Crippen MR) is 69.5 cm³/mol. The molecule has 0 bridgehead atoms. The van der Waals surface area contributed by atoms with Crippen LogP contribution in [-0.4, -0.2) is 54.9 Å². The first-order valence-corrected chi connectivity index (χ1v) is 5.87. The van der Waals surface area contributed by atoms with Gasteiger partial charge in [0.1, 0.15) is 0 Å². The number of likely N-dealkylation sites (N-methyl/N-ethyl adjacent to an activating group) is 1. The number of carbonyl (C=O) groups is 2. The van der Waals surface area contributed by atoms with Crippen molar-refractivity contribution >= 4 is 24.2 Å². The Morgan fingerprint density at radius 1 is 1.47 bits per heavy atom. The van der Waals surface area contributed by atoms with E-state index < -0.39 is 30.8 Å². The minimum atomic E-state index is -2.85. The Kier molecular flexibility index (Phi) is 6.65. The minimum absolute atomic E-state index is 0. The lowest BCUT2D eigenvalue weighted by atomic mass is 10.1. The Morgan fingerprint density at radius 2 is 2.05 bits per heavy atom. The summed E-state index contributed by atoms with van der Waals surface area (Å²) in [5.41, 5.74) is 0. The van der Waals surface area contributed by atoms with E-state index >= 15 is 0 Å². The molecule has 1 saturated heterocycles. The van der Waals surface area contributed by atoms with E-state index in [1.807, 2.05) is 0 Å². The minimum Gasteiger partial charge on any atom is -0.352 e. The third-order valence-electron chi connectivity index (χ3n) is 2.61. The van der Waals surface area contributed by atoms with Crippen LogP contribution in [0.1, 0.15) is 20.3 Å². The molecule has 0 spiro atoms. The number of nitrogens with one attached hydrogen (secondary N) is 2. The molecule has 1 aliphatic heterocycles. The Hall–Kier alpha value is -0.950. The topological polar surface area (TPSA) is 61.4 Å². The van der Waals surface area contributed by atoms with Crippen molar-refractivity contribution in [3.05, 3.63) is 0 Å². The molecule has 0 aromatic heterocycles. The number of rotatable bonds is 4. The molecule has 1 heterocycles. The van der Waals surface area contributed by atoms with Crippen LogP contribution in [0.15, 0.2) is 0 Å². The summed E-state index contributed by atoms with van der Waals surface area (Å²) in [6.45, 7) is 2.99. The van der Waals surface area contributed by atoms with Gasteiger partial charge in [0.2, 0.25) is 11.8 Å². The van der Waals surface area contributed by atoms with Crippen LogP contribution in [0.5, 0.6) is 0 Å². The van der Waals surface area contributed by atoms with Gasteiger partial charge in [-0.2, -0.15) is 0 Å². The summed E-state index contributed by atoms with van der Waals surface area (Å²) in [7, 11) is 1.43. The van der Waals surface area contributed by atoms with E-state index in [1.165, 1.54) is 7.05 Å². The zero-order chi connectivity index (χ0) is 13.9. The van der Waals surface area contributed by atoms with Crippen LogP contribution >= 0.6 is 12.4 Å². The molecule has 0 aromatic rings. The number of halogens is 3. The quantitative estimate of drug-likeness (QED) is 0.789. The lowest BCUT2D eigenvalue weighted by Crippen LogP contribution is -2.46. The van der Waals surface area contributed by atoms with Gasteiger partial charge in [-0.15, -0.1) is 12.4 Å². The molecule has 0 radical (unpaired) electrons. The first-order valence-electron chi connectivity index (χ1n) is 5.87. The molecule has 1 unspecified atom stereocenters. The molecule has 2 amide bonds. The normalized spacial score (nSPS) is 20.8. The maximum Gasteiger partial charge on any atom is 0.262 e. The fourth-order valence-electron chi connectivity index (χ4n) is 1.82. The second-order valence-corrected chi connectivity index (χ2v) is 4.91. The summed E-state index contributed by atoms with van der Waals surface area (Å²) in [5.74, 6) is -3.63. The van der Waals surface area contributed by atoms with E-state index in [-0.39, 0.29) is 30.9 Å². The van der Waals surface area contributed by atoms with Crippen molar-refractivity contribution in [3.63, 3.8) is 0 Å². The van der Waals surface area contributed by atoms with Crippen molar-refractivity contribution in [1.82, 2.24) is 15.5 Å². The van der Waals surface area contributed by atoms with Crippen molar-refractivity contribution in [1.29, 1.82) is 0 Å². The van der Waals surface area contributed by atoms with Crippen molar-refractivity contribution in [2.75, 3.05) is 20.1 Å². The number of amides is 2. The van der Waals surface area contributed by atoms with E-state index in [0.29, 0.717) is 0 Å². The van der Waals surface area contributed by atoms with Crippen LogP contribution in [0.3, 0.4) is 0 Å². The summed E-state index contributed by atoms with van der Waals surface area (Å²) in [5, 5.41) is 5.10.